The van der Waals surface area contributed by atoms with Crippen LogP contribution in [0.5, 0.6) is 5.75 Å². The van der Waals surface area contributed by atoms with Crippen LogP contribution in [0, 0.1) is 5.41 Å². The highest BCUT2D eigenvalue weighted by Gasteiger charge is 2.55. The van der Waals surface area contributed by atoms with Crippen LogP contribution in [-0.4, -0.2) is 55.6 Å². The maximum atomic E-state index is 10.1. The molecule has 122 valence electrons. The summed E-state index contributed by atoms with van der Waals surface area (Å²) in [5.74, 6) is 0.853. The lowest BCUT2D eigenvalue weighted by molar-refractivity contribution is -0.201. The van der Waals surface area contributed by atoms with E-state index in [1.54, 1.807) is 7.11 Å². The van der Waals surface area contributed by atoms with E-state index in [2.05, 4.69) is 4.90 Å². The van der Waals surface area contributed by atoms with E-state index in [1.165, 1.54) is 0 Å². The number of piperidine rings is 1. The van der Waals surface area contributed by atoms with Gasteiger partial charge in [-0.3, -0.25) is 4.90 Å². The second-order valence-corrected chi connectivity index (χ2v) is 6.79. The van der Waals surface area contributed by atoms with Gasteiger partial charge in [0.25, 0.3) is 0 Å². The van der Waals surface area contributed by atoms with E-state index in [9.17, 15) is 5.11 Å². The van der Waals surface area contributed by atoms with Gasteiger partial charge < -0.3 is 14.6 Å². The summed E-state index contributed by atoms with van der Waals surface area (Å²) in [4.78, 5) is 2.40. The standard InChI is InChI=1S/C17H24ClNO3/c1-21-16-12-15(20)17(16)6-8-19(9-7-17)10-11-22-14-4-2-13(18)3-5-14/h2-5,15-16,20H,6-12H2,1H3/t15-,16+/m0/s1. The van der Waals surface area contributed by atoms with E-state index in [1.807, 2.05) is 24.3 Å². The van der Waals surface area contributed by atoms with E-state index < -0.39 is 0 Å². The molecule has 3 rings (SSSR count). The number of hydrogen-bond donors (Lipinski definition) is 1. The van der Waals surface area contributed by atoms with Crippen LogP contribution in [0.4, 0.5) is 0 Å². The average molecular weight is 326 g/mol. The topological polar surface area (TPSA) is 41.9 Å². The molecular weight excluding hydrogens is 302 g/mol. The van der Waals surface area contributed by atoms with E-state index in [0.29, 0.717) is 6.61 Å². The molecule has 4 nitrogen and oxygen atoms in total. The second kappa shape index (κ2) is 6.75. The summed E-state index contributed by atoms with van der Waals surface area (Å²) >= 11 is 5.85. The van der Waals surface area contributed by atoms with Gasteiger partial charge in [-0.15, -0.1) is 0 Å². The van der Waals surface area contributed by atoms with E-state index in [0.717, 1.165) is 49.7 Å². The van der Waals surface area contributed by atoms with Crippen molar-refractivity contribution in [2.75, 3.05) is 33.4 Å². The average Bonchev–Trinajstić information content (AvgIpc) is 2.55. The Bertz CT molecular complexity index is 485. The molecule has 1 aromatic rings. The number of benzene rings is 1. The normalized spacial score (nSPS) is 27.6. The third-order valence-corrected chi connectivity index (χ3v) is 5.56. The van der Waals surface area contributed by atoms with Crippen LogP contribution in [0.2, 0.25) is 5.02 Å². The molecule has 0 aromatic heterocycles. The number of hydrogen-bond acceptors (Lipinski definition) is 4. The molecule has 1 spiro atoms. The largest absolute Gasteiger partial charge is 0.492 e. The number of halogens is 1. The first-order valence-corrected chi connectivity index (χ1v) is 8.33. The van der Waals surface area contributed by atoms with Gasteiger partial charge in [0.2, 0.25) is 0 Å². The Morgan fingerprint density at radius 3 is 2.55 bits per heavy atom. The van der Waals surface area contributed by atoms with Gasteiger partial charge in [0.1, 0.15) is 12.4 Å². The molecule has 1 aliphatic carbocycles. The Morgan fingerprint density at radius 1 is 1.27 bits per heavy atom. The summed E-state index contributed by atoms with van der Waals surface area (Å²) in [7, 11) is 1.75. The summed E-state index contributed by atoms with van der Waals surface area (Å²) in [5.41, 5.74) is 0.00227. The zero-order valence-corrected chi connectivity index (χ0v) is 13.8. The van der Waals surface area contributed by atoms with Gasteiger partial charge in [-0.2, -0.15) is 0 Å². The van der Waals surface area contributed by atoms with Crippen molar-refractivity contribution in [3.8, 4) is 5.75 Å². The van der Waals surface area contributed by atoms with E-state index in [-0.39, 0.29) is 17.6 Å². The Morgan fingerprint density at radius 2 is 1.95 bits per heavy atom. The van der Waals surface area contributed by atoms with Gasteiger partial charge in [-0.05, 0) is 50.2 Å². The first kappa shape index (κ1) is 16.1. The predicted octanol–water partition coefficient (Wildman–Crippen LogP) is 2.58. The maximum absolute atomic E-state index is 10.1. The molecule has 0 unspecified atom stereocenters. The molecule has 2 aliphatic rings. The summed E-state index contributed by atoms with van der Waals surface area (Å²) in [6.07, 6.45) is 2.84. The highest BCUT2D eigenvalue weighted by atomic mass is 35.5. The third kappa shape index (κ3) is 3.11. The molecule has 1 saturated heterocycles. The van der Waals surface area contributed by atoms with Crippen molar-refractivity contribution in [2.24, 2.45) is 5.41 Å². The summed E-state index contributed by atoms with van der Waals surface area (Å²) in [6.45, 7) is 3.58. The van der Waals surface area contributed by atoms with E-state index >= 15 is 0 Å². The summed E-state index contributed by atoms with van der Waals surface area (Å²) in [5, 5.41) is 10.8. The second-order valence-electron chi connectivity index (χ2n) is 6.35. The fourth-order valence-corrected chi connectivity index (χ4v) is 3.85. The third-order valence-electron chi connectivity index (χ3n) is 5.30. The Balaban J connectivity index is 1.42. The molecule has 1 saturated carbocycles. The molecule has 22 heavy (non-hydrogen) atoms. The highest BCUT2D eigenvalue weighted by molar-refractivity contribution is 6.30. The molecule has 2 atom stereocenters. The van der Waals surface area contributed by atoms with Crippen molar-refractivity contribution >= 4 is 11.6 Å². The molecule has 1 aliphatic heterocycles. The van der Waals surface area contributed by atoms with Crippen LogP contribution in [0.3, 0.4) is 0 Å². The molecule has 1 aromatic carbocycles. The minimum atomic E-state index is -0.190. The van der Waals surface area contributed by atoms with Crippen molar-refractivity contribution in [1.82, 2.24) is 4.90 Å². The van der Waals surface area contributed by atoms with Crippen molar-refractivity contribution in [2.45, 2.75) is 31.5 Å². The first-order valence-electron chi connectivity index (χ1n) is 7.95. The van der Waals surface area contributed by atoms with Crippen LogP contribution in [-0.2, 0) is 4.74 Å². The van der Waals surface area contributed by atoms with Gasteiger partial charge in [0.05, 0.1) is 12.2 Å². The Kier molecular flexibility index (Phi) is 4.93. The molecular formula is C17H24ClNO3. The molecule has 0 bridgehead atoms. The lowest BCUT2D eigenvalue weighted by Crippen LogP contribution is -2.62. The van der Waals surface area contributed by atoms with Crippen LogP contribution in [0.25, 0.3) is 0 Å². The van der Waals surface area contributed by atoms with Gasteiger partial charge in [-0.25, -0.2) is 0 Å². The van der Waals surface area contributed by atoms with Crippen LogP contribution in [0.1, 0.15) is 19.3 Å². The van der Waals surface area contributed by atoms with Crippen LogP contribution in [0.15, 0.2) is 24.3 Å². The van der Waals surface area contributed by atoms with Crippen LogP contribution >= 0.6 is 11.6 Å². The number of nitrogens with zero attached hydrogens (tertiary/aromatic N) is 1. The van der Waals surface area contributed by atoms with Gasteiger partial charge in [0.15, 0.2) is 0 Å². The Hall–Kier alpha value is -0.810. The summed E-state index contributed by atoms with van der Waals surface area (Å²) < 4.78 is 11.3. The molecule has 0 amide bonds. The van der Waals surface area contributed by atoms with Crippen molar-refractivity contribution in [1.29, 1.82) is 0 Å². The monoisotopic (exact) mass is 325 g/mol. The van der Waals surface area contributed by atoms with Crippen molar-refractivity contribution in [3.63, 3.8) is 0 Å². The fourth-order valence-electron chi connectivity index (χ4n) is 3.73. The lowest BCUT2D eigenvalue weighted by atomic mass is 9.58. The number of likely N-dealkylation sites (tertiary alicyclic amines) is 1. The minimum Gasteiger partial charge on any atom is -0.492 e. The van der Waals surface area contributed by atoms with Gasteiger partial charge >= 0.3 is 0 Å². The smallest absolute Gasteiger partial charge is 0.119 e. The van der Waals surface area contributed by atoms with Gasteiger partial charge in [0, 0.05) is 30.5 Å². The molecule has 0 radical (unpaired) electrons. The maximum Gasteiger partial charge on any atom is 0.119 e. The Labute approximate surface area is 137 Å². The molecule has 2 fully saturated rings. The number of methoxy groups -OCH3 is 1. The number of rotatable bonds is 5. The van der Waals surface area contributed by atoms with Crippen molar-refractivity contribution < 1.29 is 14.6 Å². The lowest BCUT2D eigenvalue weighted by Gasteiger charge is -2.56. The van der Waals surface area contributed by atoms with E-state index in [4.69, 9.17) is 21.1 Å². The predicted molar refractivity (Wildman–Crippen MR) is 86.5 cm³/mol. The van der Waals surface area contributed by atoms with Gasteiger partial charge in [-0.1, -0.05) is 11.6 Å². The molecule has 1 N–H and O–H groups in total. The zero-order valence-electron chi connectivity index (χ0n) is 13.0. The molecule has 5 heteroatoms. The fraction of sp³-hybridized carbons (Fsp3) is 0.647. The highest BCUT2D eigenvalue weighted by Crippen LogP contribution is 2.50. The first-order chi connectivity index (χ1) is 10.6. The minimum absolute atomic E-state index is 0.00227. The SMILES string of the molecule is CO[C@@H]1C[C@H](O)C12CCN(CCOc1ccc(Cl)cc1)CC2. The number of ether oxygens (including phenoxy) is 2. The number of aliphatic hydroxyl groups is 1. The van der Waals surface area contributed by atoms with Crippen molar-refractivity contribution in [3.05, 3.63) is 29.3 Å². The number of aliphatic hydroxyl groups excluding tert-OH is 1. The molecule has 1 heterocycles. The summed E-state index contributed by atoms with van der Waals surface area (Å²) in [6, 6.07) is 7.46. The van der Waals surface area contributed by atoms with Crippen LogP contribution < -0.4 is 4.74 Å². The quantitative estimate of drug-likeness (QED) is 0.903. The zero-order chi connectivity index (χ0) is 15.6.